The van der Waals surface area contributed by atoms with E-state index in [0.29, 0.717) is 19.8 Å². The highest BCUT2D eigenvalue weighted by molar-refractivity contribution is 6.76. The van der Waals surface area contributed by atoms with Crippen LogP contribution in [0, 0.1) is 0 Å². The Labute approximate surface area is 273 Å². The summed E-state index contributed by atoms with van der Waals surface area (Å²) in [6, 6.07) is 4.84. The number of nitrogens with one attached hydrogen (secondary N) is 1. The minimum absolute atomic E-state index is 0.211. The van der Waals surface area contributed by atoms with E-state index in [9.17, 15) is 0 Å². The van der Waals surface area contributed by atoms with Crippen LogP contribution in [0.25, 0.3) is 0 Å². The van der Waals surface area contributed by atoms with E-state index in [1.807, 2.05) is 35.0 Å². The average Bonchev–Trinajstić information content (AvgIpc) is 2.98. The molecule has 0 aliphatic carbocycles. The molecule has 1 rings (SSSR count). The maximum Gasteiger partial charge on any atom is 0.500 e. The van der Waals surface area contributed by atoms with Crippen molar-refractivity contribution >= 4 is 60.5 Å². The second-order valence-electron chi connectivity index (χ2n) is 12.2. The van der Waals surface area contributed by atoms with Gasteiger partial charge in [0.1, 0.15) is 0 Å². The minimum atomic E-state index is -2.54. The van der Waals surface area contributed by atoms with Crippen molar-refractivity contribution in [1.82, 2.24) is 5.32 Å². The van der Waals surface area contributed by atoms with Gasteiger partial charge in [0.25, 0.3) is 0 Å². The Morgan fingerprint density at radius 3 is 1.91 bits per heavy atom. The zero-order valence-electron chi connectivity index (χ0n) is 30.3. The van der Waals surface area contributed by atoms with E-state index in [1.54, 1.807) is 15.9 Å². The monoisotopic (exact) mass is 688 g/mol. The highest BCUT2D eigenvalue weighted by Gasteiger charge is 2.41. The van der Waals surface area contributed by atoms with Crippen LogP contribution >= 0.6 is 0 Å². The van der Waals surface area contributed by atoms with Gasteiger partial charge in [0.05, 0.1) is 17.6 Å². The SMILES string of the molecule is CCO[Si](CCCNC[SiH2]CCc1c([SiH](C)C)cc(C(C)[Si](C)(OC)OC)c(N(CC)CC)c1[SiH](C)C)(OCC)OCC. The van der Waals surface area contributed by atoms with Gasteiger partial charge in [0.15, 0.2) is 0 Å². The van der Waals surface area contributed by atoms with E-state index < -0.39 is 35.0 Å². The Morgan fingerprint density at radius 2 is 1.47 bits per heavy atom. The van der Waals surface area contributed by atoms with Crippen LogP contribution < -0.4 is 20.6 Å². The first kappa shape index (κ1) is 40.9. The summed E-state index contributed by atoms with van der Waals surface area (Å²) in [5.74, 6) is 0. The summed E-state index contributed by atoms with van der Waals surface area (Å²) >= 11 is 0. The molecule has 7 nitrogen and oxygen atoms in total. The Balaban J connectivity index is 3.17. The fraction of sp³-hybridized carbons (Fsp3) is 0.806. The van der Waals surface area contributed by atoms with Gasteiger partial charge in [-0.25, -0.2) is 0 Å². The molecule has 1 unspecified atom stereocenters. The zero-order chi connectivity index (χ0) is 32.6. The van der Waals surface area contributed by atoms with E-state index in [0.717, 1.165) is 32.1 Å². The van der Waals surface area contributed by atoms with Crippen molar-refractivity contribution in [2.24, 2.45) is 0 Å². The van der Waals surface area contributed by atoms with Gasteiger partial charge in [0, 0.05) is 73.9 Å². The van der Waals surface area contributed by atoms with Gasteiger partial charge in [-0.1, -0.05) is 50.4 Å². The molecule has 12 heteroatoms. The molecule has 252 valence electrons. The molecule has 0 saturated heterocycles. The lowest BCUT2D eigenvalue weighted by atomic mass is 10.0. The quantitative estimate of drug-likeness (QED) is 0.130. The topological polar surface area (TPSA) is 61.4 Å². The standard InChI is InChI=1S/C31H68N2O5Si5/c1-14-33(15-2)30-28(26(6)42(13,34-7)35-8)24-29(40(9)10)27(31(30)41(11)12)20-22-39-25-32-21-19-23-43(36-16-3,37-17-4)38-18-5/h24,26,32,40-41H,14-23,25,39H2,1-13H3. The first-order valence-electron chi connectivity index (χ1n) is 17.1. The molecule has 0 aromatic heterocycles. The van der Waals surface area contributed by atoms with Gasteiger partial charge >= 0.3 is 17.4 Å². The summed E-state index contributed by atoms with van der Waals surface area (Å²) in [7, 11) is -3.63. The van der Waals surface area contributed by atoms with Crippen molar-refractivity contribution < 1.29 is 22.1 Å². The fourth-order valence-corrected chi connectivity index (χ4v) is 15.4. The van der Waals surface area contributed by atoms with Crippen LogP contribution in [0.2, 0.25) is 44.8 Å². The first-order chi connectivity index (χ1) is 20.5. The van der Waals surface area contributed by atoms with Crippen LogP contribution in [0.15, 0.2) is 6.07 Å². The maximum atomic E-state index is 6.11. The molecule has 1 aromatic rings. The van der Waals surface area contributed by atoms with Crippen molar-refractivity contribution in [3.05, 3.63) is 17.2 Å². The van der Waals surface area contributed by atoms with Gasteiger partial charge in [-0.15, -0.1) is 0 Å². The van der Waals surface area contributed by atoms with Crippen molar-refractivity contribution in [3.63, 3.8) is 0 Å². The van der Waals surface area contributed by atoms with Gasteiger partial charge in [-0.3, -0.25) is 0 Å². The lowest BCUT2D eigenvalue weighted by Crippen LogP contribution is -2.47. The molecule has 1 N–H and O–H groups in total. The Morgan fingerprint density at radius 1 is 0.907 bits per heavy atom. The smallest absolute Gasteiger partial charge is 0.397 e. The summed E-state index contributed by atoms with van der Waals surface area (Å²) in [6.07, 6.45) is 3.44. The summed E-state index contributed by atoms with van der Waals surface area (Å²) in [4.78, 5) is 2.62. The largest absolute Gasteiger partial charge is 0.500 e. The summed E-state index contributed by atoms with van der Waals surface area (Å²) in [5.41, 5.74) is 4.97. The van der Waals surface area contributed by atoms with Crippen LogP contribution in [0.5, 0.6) is 0 Å². The third-order valence-electron chi connectivity index (χ3n) is 8.82. The normalized spacial score (nSPS) is 13.7. The summed E-state index contributed by atoms with van der Waals surface area (Å²) in [6.45, 7) is 30.3. The lowest BCUT2D eigenvalue weighted by Gasteiger charge is -2.37. The van der Waals surface area contributed by atoms with Gasteiger partial charge in [-0.05, 0) is 83.0 Å². The van der Waals surface area contributed by atoms with Gasteiger partial charge in [0.2, 0.25) is 0 Å². The van der Waals surface area contributed by atoms with E-state index in [2.05, 4.69) is 69.8 Å². The summed E-state index contributed by atoms with van der Waals surface area (Å²) in [5, 5.41) is 7.15. The molecule has 0 heterocycles. The molecule has 0 amide bonds. The van der Waals surface area contributed by atoms with Crippen LogP contribution in [-0.2, 0) is 28.6 Å². The van der Waals surface area contributed by atoms with Gasteiger partial charge in [-0.2, -0.15) is 0 Å². The molecule has 0 fully saturated rings. The number of rotatable bonds is 24. The molecule has 43 heavy (non-hydrogen) atoms. The van der Waals surface area contributed by atoms with Crippen LogP contribution in [0.3, 0.4) is 0 Å². The third-order valence-corrected chi connectivity index (χ3v) is 20.6. The third kappa shape index (κ3) is 11.6. The molecule has 0 aliphatic heterocycles. The number of nitrogens with zero attached hydrogens (tertiary/aromatic N) is 1. The molecule has 0 aliphatic rings. The molecule has 1 atom stereocenters. The lowest BCUT2D eigenvalue weighted by molar-refractivity contribution is 0.0708. The molecule has 1 aromatic carbocycles. The number of anilines is 1. The second kappa shape index (κ2) is 20.9. The second-order valence-corrected chi connectivity index (χ2v) is 26.4. The molecule has 0 bridgehead atoms. The number of hydrogen-bond donors (Lipinski definition) is 1. The Bertz CT molecular complexity index is 900. The zero-order valence-corrected chi connectivity index (χ0v) is 36.0. The van der Waals surface area contributed by atoms with E-state index in [1.165, 1.54) is 29.9 Å². The van der Waals surface area contributed by atoms with Crippen LogP contribution in [0.1, 0.15) is 64.6 Å². The first-order valence-corrected chi connectivity index (χ1v) is 29.2. The predicted molar refractivity (Wildman–Crippen MR) is 201 cm³/mol. The van der Waals surface area contributed by atoms with Crippen LogP contribution in [0.4, 0.5) is 5.69 Å². The number of benzene rings is 1. The molecular weight excluding hydrogens is 621 g/mol. The number of hydrogen-bond acceptors (Lipinski definition) is 7. The van der Waals surface area contributed by atoms with Crippen molar-refractivity contribution in [2.75, 3.05) is 64.7 Å². The van der Waals surface area contributed by atoms with E-state index in [4.69, 9.17) is 22.1 Å². The summed E-state index contributed by atoms with van der Waals surface area (Å²) < 4.78 is 30.3. The Hall–Kier alpha value is -0.136. The van der Waals surface area contributed by atoms with Gasteiger partial charge < -0.3 is 32.3 Å². The minimum Gasteiger partial charge on any atom is -0.397 e. The highest BCUT2D eigenvalue weighted by Crippen LogP contribution is 2.35. The predicted octanol–water partition coefficient (Wildman–Crippen LogP) is 4.04. The molecule has 0 radical (unpaired) electrons. The van der Waals surface area contributed by atoms with Crippen LogP contribution in [-0.4, -0.2) is 104 Å². The molecular formula is C31H68N2O5Si5. The average molecular weight is 689 g/mol. The van der Waals surface area contributed by atoms with Crippen molar-refractivity contribution in [2.45, 2.75) is 105 Å². The molecule has 0 saturated carbocycles. The highest BCUT2D eigenvalue weighted by atomic mass is 28.4. The van der Waals surface area contributed by atoms with E-state index in [-0.39, 0.29) is 15.1 Å². The molecule has 0 spiro atoms. The fourth-order valence-electron chi connectivity index (χ4n) is 6.24. The van der Waals surface area contributed by atoms with Crippen molar-refractivity contribution in [3.8, 4) is 0 Å². The van der Waals surface area contributed by atoms with E-state index >= 15 is 0 Å². The Kier molecular flexibility index (Phi) is 19.9. The van der Waals surface area contributed by atoms with Crippen molar-refractivity contribution in [1.29, 1.82) is 0 Å². The maximum absolute atomic E-state index is 6.11.